The maximum atomic E-state index is 13.0. The molecule has 4 rings (SSSR count). The Balaban J connectivity index is 1.36. The standard InChI is InChI=1S/C25H29ClN4O2/c1-18-24(19(2)30(28-18)16-21-10-6-7-11-23(21)26)25(31)27-14-22-17-29(12-13-32-22)15-20-8-4-3-5-9-20/h3-11,22H,12-17H2,1-2H3,(H,27,31). The molecule has 1 amide bonds. The number of nitrogens with zero attached hydrogens (tertiary/aromatic N) is 3. The summed E-state index contributed by atoms with van der Waals surface area (Å²) in [5.41, 5.74) is 4.42. The molecule has 0 radical (unpaired) electrons. The van der Waals surface area contributed by atoms with Crippen LogP contribution in [0.1, 0.15) is 32.9 Å². The minimum absolute atomic E-state index is 0.0322. The molecule has 7 heteroatoms. The number of morpholine rings is 1. The highest BCUT2D eigenvalue weighted by molar-refractivity contribution is 6.31. The van der Waals surface area contributed by atoms with Gasteiger partial charge in [0.15, 0.2) is 0 Å². The molecular formula is C25H29ClN4O2. The van der Waals surface area contributed by atoms with E-state index in [0.717, 1.165) is 30.9 Å². The van der Waals surface area contributed by atoms with Gasteiger partial charge in [0, 0.05) is 36.9 Å². The maximum absolute atomic E-state index is 13.0. The van der Waals surface area contributed by atoms with Crippen LogP contribution >= 0.6 is 11.6 Å². The van der Waals surface area contributed by atoms with E-state index < -0.39 is 0 Å². The Morgan fingerprint density at radius 2 is 1.88 bits per heavy atom. The van der Waals surface area contributed by atoms with Gasteiger partial charge >= 0.3 is 0 Å². The molecule has 0 aliphatic carbocycles. The summed E-state index contributed by atoms with van der Waals surface area (Å²) in [5.74, 6) is -0.116. The quantitative estimate of drug-likeness (QED) is 0.591. The largest absolute Gasteiger partial charge is 0.374 e. The SMILES string of the molecule is Cc1nn(Cc2ccccc2Cl)c(C)c1C(=O)NCC1CN(Cc2ccccc2)CCO1. The summed E-state index contributed by atoms with van der Waals surface area (Å²) in [4.78, 5) is 15.3. The predicted molar refractivity (Wildman–Crippen MR) is 126 cm³/mol. The van der Waals surface area contributed by atoms with Gasteiger partial charge in [-0.2, -0.15) is 5.10 Å². The molecule has 6 nitrogen and oxygen atoms in total. The summed E-state index contributed by atoms with van der Waals surface area (Å²) >= 11 is 6.30. The van der Waals surface area contributed by atoms with E-state index in [0.29, 0.717) is 36.0 Å². The van der Waals surface area contributed by atoms with E-state index in [-0.39, 0.29) is 12.0 Å². The van der Waals surface area contributed by atoms with Crippen molar-refractivity contribution in [2.24, 2.45) is 0 Å². The first-order valence-corrected chi connectivity index (χ1v) is 11.3. The number of rotatable bonds is 7. The lowest BCUT2D eigenvalue weighted by atomic mass is 10.1. The van der Waals surface area contributed by atoms with E-state index in [2.05, 4.69) is 39.6 Å². The summed E-state index contributed by atoms with van der Waals surface area (Å²) in [6, 6.07) is 18.1. The van der Waals surface area contributed by atoms with Gasteiger partial charge in [-0.15, -0.1) is 0 Å². The Hall–Kier alpha value is -2.67. The molecule has 1 atom stereocenters. The van der Waals surface area contributed by atoms with Gasteiger partial charge in [0.25, 0.3) is 5.91 Å². The Morgan fingerprint density at radius 3 is 2.66 bits per heavy atom. The predicted octanol–water partition coefficient (Wildman–Crippen LogP) is 3.83. The number of aromatic nitrogens is 2. The lowest BCUT2D eigenvalue weighted by Crippen LogP contribution is -2.47. The maximum Gasteiger partial charge on any atom is 0.255 e. The van der Waals surface area contributed by atoms with Gasteiger partial charge in [0.2, 0.25) is 0 Å². The minimum Gasteiger partial charge on any atom is -0.374 e. The van der Waals surface area contributed by atoms with Crippen LogP contribution < -0.4 is 5.32 Å². The van der Waals surface area contributed by atoms with Crippen LogP contribution in [0.3, 0.4) is 0 Å². The van der Waals surface area contributed by atoms with Crippen molar-refractivity contribution in [3.8, 4) is 0 Å². The highest BCUT2D eigenvalue weighted by Gasteiger charge is 2.23. The minimum atomic E-state index is -0.116. The average molecular weight is 453 g/mol. The number of nitrogens with one attached hydrogen (secondary N) is 1. The Bertz CT molecular complexity index is 1070. The molecule has 1 aromatic heterocycles. The van der Waals surface area contributed by atoms with Crippen LogP contribution in [-0.2, 0) is 17.8 Å². The zero-order valence-electron chi connectivity index (χ0n) is 18.6. The number of aryl methyl sites for hydroxylation is 1. The Labute approximate surface area is 194 Å². The number of benzene rings is 2. The average Bonchev–Trinajstić information content (AvgIpc) is 3.07. The highest BCUT2D eigenvalue weighted by Crippen LogP contribution is 2.19. The molecule has 0 saturated carbocycles. The molecule has 0 bridgehead atoms. The molecule has 1 fully saturated rings. The molecule has 1 N–H and O–H groups in total. The summed E-state index contributed by atoms with van der Waals surface area (Å²) in [6.07, 6.45) is -0.0322. The lowest BCUT2D eigenvalue weighted by Gasteiger charge is -2.33. The van der Waals surface area contributed by atoms with Crippen LogP contribution in [0.5, 0.6) is 0 Å². The molecule has 168 valence electrons. The zero-order chi connectivity index (χ0) is 22.5. The highest BCUT2D eigenvalue weighted by atomic mass is 35.5. The number of ether oxygens (including phenoxy) is 1. The third-order valence-corrected chi connectivity index (χ3v) is 6.22. The second-order valence-electron chi connectivity index (χ2n) is 8.22. The van der Waals surface area contributed by atoms with Crippen LogP contribution in [0, 0.1) is 13.8 Å². The molecule has 1 saturated heterocycles. The molecule has 0 spiro atoms. The van der Waals surface area contributed by atoms with Crippen LogP contribution in [0.2, 0.25) is 5.02 Å². The van der Waals surface area contributed by atoms with Crippen molar-refractivity contribution in [3.63, 3.8) is 0 Å². The summed E-state index contributed by atoms with van der Waals surface area (Å²) in [5, 5.41) is 8.33. The molecular weight excluding hydrogens is 424 g/mol. The van der Waals surface area contributed by atoms with Gasteiger partial charge < -0.3 is 10.1 Å². The van der Waals surface area contributed by atoms with E-state index in [1.54, 1.807) is 0 Å². The van der Waals surface area contributed by atoms with E-state index in [1.807, 2.05) is 48.9 Å². The van der Waals surface area contributed by atoms with Gasteiger partial charge in [-0.25, -0.2) is 0 Å². The van der Waals surface area contributed by atoms with Crippen LogP contribution in [0.25, 0.3) is 0 Å². The smallest absolute Gasteiger partial charge is 0.255 e. The first kappa shape index (κ1) is 22.5. The number of halogens is 1. The molecule has 1 unspecified atom stereocenters. The normalized spacial score (nSPS) is 16.8. The van der Waals surface area contributed by atoms with E-state index in [9.17, 15) is 4.79 Å². The summed E-state index contributed by atoms with van der Waals surface area (Å²) in [6.45, 7) is 8.03. The van der Waals surface area contributed by atoms with Gasteiger partial charge in [0.1, 0.15) is 0 Å². The van der Waals surface area contributed by atoms with Crippen molar-refractivity contribution in [1.29, 1.82) is 0 Å². The van der Waals surface area contributed by atoms with Crippen LogP contribution in [0.15, 0.2) is 54.6 Å². The monoisotopic (exact) mass is 452 g/mol. The molecule has 3 aromatic rings. The van der Waals surface area contributed by atoms with Gasteiger partial charge in [-0.1, -0.05) is 60.1 Å². The Morgan fingerprint density at radius 1 is 1.12 bits per heavy atom. The first-order valence-electron chi connectivity index (χ1n) is 10.9. The van der Waals surface area contributed by atoms with E-state index in [1.165, 1.54) is 5.56 Å². The molecule has 2 aromatic carbocycles. The van der Waals surface area contributed by atoms with E-state index in [4.69, 9.17) is 16.3 Å². The van der Waals surface area contributed by atoms with Crippen molar-refractivity contribution in [2.45, 2.75) is 33.0 Å². The molecule has 1 aliphatic rings. The number of amides is 1. The number of carbonyl (C=O) groups is 1. The zero-order valence-corrected chi connectivity index (χ0v) is 19.3. The van der Waals surface area contributed by atoms with Gasteiger partial charge in [-0.3, -0.25) is 14.4 Å². The topological polar surface area (TPSA) is 59.4 Å². The van der Waals surface area contributed by atoms with Crippen LogP contribution in [0.4, 0.5) is 0 Å². The second-order valence-corrected chi connectivity index (χ2v) is 8.63. The van der Waals surface area contributed by atoms with Crippen molar-refractivity contribution in [3.05, 3.63) is 87.7 Å². The lowest BCUT2D eigenvalue weighted by molar-refractivity contribution is -0.0292. The van der Waals surface area contributed by atoms with Gasteiger partial charge in [-0.05, 0) is 31.0 Å². The molecule has 32 heavy (non-hydrogen) atoms. The third kappa shape index (κ3) is 5.38. The molecule has 2 heterocycles. The number of hydrogen-bond acceptors (Lipinski definition) is 4. The van der Waals surface area contributed by atoms with E-state index >= 15 is 0 Å². The fourth-order valence-corrected chi connectivity index (χ4v) is 4.35. The Kier molecular flexibility index (Phi) is 7.25. The molecule has 1 aliphatic heterocycles. The van der Waals surface area contributed by atoms with Crippen molar-refractivity contribution in [1.82, 2.24) is 20.0 Å². The van der Waals surface area contributed by atoms with Gasteiger partial charge in [0.05, 0.1) is 30.5 Å². The van der Waals surface area contributed by atoms with Crippen LogP contribution in [-0.4, -0.2) is 52.9 Å². The first-order chi connectivity index (χ1) is 15.5. The fraction of sp³-hybridized carbons (Fsp3) is 0.360. The summed E-state index contributed by atoms with van der Waals surface area (Å²) in [7, 11) is 0. The summed E-state index contributed by atoms with van der Waals surface area (Å²) < 4.78 is 7.74. The number of carbonyl (C=O) groups excluding carboxylic acids is 1. The fourth-order valence-electron chi connectivity index (χ4n) is 4.15. The number of hydrogen-bond donors (Lipinski definition) is 1. The second kappa shape index (κ2) is 10.3. The van der Waals surface area contributed by atoms with Crippen molar-refractivity contribution >= 4 is 17.5 Å². The third-order valence-electron chi connectivity index (χ3n) is 5.85. The van der Waals surface area contributed by atoms with Crippen molar-refractivity contribution in [2.75, 3.05) is 26.2 Å². The van der Waals surface area contributed by atoms with Crippen molar-refractivity contribution < 1.29 is 9.53 Å².